The van der Waals surface area contributed by atoms with Crippen molar-refractivity contribution in [3.63, 3.8) is 0 Å². The van der Waals surface area contributed by atoms with Crippen molar-refractivity contribution in [2.24, 2.45) is 5.73 Å². The van der Waals surface area contributed by atoms with Gasteiger partial charge >= 0.3 is 0 Å². The molecule has 22 heavy (non-hydrogen) atoms. The van der Waals surface area contributed by atoms with E-state index in [0.717, 1.165) is 11.3 Å². The quantitative estimate of drug-likeness (QED) is 0.753. The van der Waals surface area contributed by atoms with Crippen molar-refractivity contribution in [3.8, 4) is 17.2 Å². The summed E-state index contributed by atoms with van der Waals surface area (Å²) in [5.41, 5.74) is 7.28. The molecule has 0 amide bonds. The molecule has 2 atom stereocenters. The first-order valence-electron chi connectivity index (χ1n) is 7.26. The second-order valence-corrected chi connectivity index (χ2v) is 5.31. The molecule has 0 saturated carbocycles. The second kappa shape index (κ2) is 6.25. The van der Waals surface area contributed by atoms with Crippen molar-refractivity contribution in [3.05, 3.63) is 53.6 Å². The molecule has 0 bridgehead atoms. The summed E-state index contributed by atoms with van der Waals surface area (Å²) in [7, 11) is 0. The van der Waals surface area contributed by atoms with Crippen LogP contribution in [0.25, 0.3) is 0 Å². The van der Waals surface area contributed by atoms with Gasteiger partial charge in [-0.25, -0.2) is 0 Å². The van der Waals surface area contributed by atoms with Crippen molar-refractivity contribution >= 4 is 0 Å². The van der Waals surface area contributed by atoms with Gasteiger partial charge in [-0.15, -0.1) is 0 Å². The van der Waals surface area contributed by atoms with Crippen LogP contribution < -0.4 is 10.5 Å². The fourth-order valence-corrected chi connectivity index (χ4v) is 2.72. The van der Waals surface area contributed by atoms with Crippen LogP contribution in [0.1, 0.15) is 17.2 Å². The van der Waals surface area contributed by atoms with E-state index in [1.54, 1.807) is 6.07 Å². The molecule has 1 unspecified atom stereocenters. The van der Waals surface area contributed by atoms with Gasteiger partial charge in [-0.1, -0.05) is 24.3 Å². The molecule has 0 aliphatic carbocycles. The lowest BCUT2D eigenvalue weighted by Crippen LogP contribution is -2.34. The number of fused-ring (bicyclic) bond motifs is 1. The average molecular weight is 301 g/mol. The minimum Gasteiger partial charge on any atom is -0.504 e. The summed E-state index contributed by atoms with van der Waals surface area (Å²) < 4.78 is 11.6. The van der Waals surface area contributed by atoms with E-state index in [1.807, 2.05) is 30.3 Å². The third kappa shape index (κ3) is 2.86. The van der Waals surface area contributed by atoms with E-state index in [2.05, 4.69) is 0 Å². The molecular weight excluding hydrogens is 282 g/mol. The third-order valence-corrected chi connectivity index (χ3v) is 3.83. The predicted octanol–water partition coefficient (Wildman–Crippen LogP) is 2.12. The van der Waals surface area contributed by atoms with Crippen molar-refractivity contribution in [2.75, 3.05) is 13.2 Å². The van der Waals surface area contributed by atoms with Crippen LogP contribution in [-0.4, -0.2) is 29.5 Å². The zero-order chi connectivity index (χ0) is 15.5. The lowest BCUT2D eigenvalue weighted by molar-refractivity contribution is -0.0422. The first-order chi connectivity index (χ1) is 10.7. The first kappa shape index (κ1) is 14.7. The number of phenols is 2. The van der Waals surface area contributed by atoms with Crippen LogP contribution in [0.5, 0.6) is 17.2 Å². The first-order valence-corrected chi connectivity index (χ1v) is 7.26. The molecule has 1 aliphatic rings. The van der Waals surface area contributed by atoms with Gasteiger partial charge in [-0.05, 0) is 23.8 Å². The van der Waals surface area contributed by atoms with Crippen LogP contribution in [0.3, 0.4) is 0 Å². The van der Waals surface area contributed by atoms with Crippen LogP contribution in [-0.2, 0) is 11.2 Å². The number of hydrogen-bond donors (Lipinski definition) is 3. The van der Waals surface area contributed by atoms with Gasteiger partial charge < -0.3 is 25.4 Å². The van der Waals surface area contributed by atoms with Gasteiger partial charge in [0.25, 0.3) is 0 Å². The Kier molecular flexibility index (Phi) is 4.18. The summed E-state index contributed by atoms with van der Waals surface area (Å²) in [6.45, 7) is 0.661. The SMILES string of the molecule is NC[C@@H]1OC(COc2ccccc2)Cc2c1ccc(O)c2O. The van der Waals surface area contributed by atoms with Gasteiger partial charge in [-0.3, -0.25) is 0 Å². The Bertz CT molecular complexity index is 645. The molecule has 4 N–H and O–H groups in total. The van der Waals surface area contributed by atoms with E-state index in [4.69, 9.17) is 15.2 Å². The fourth-order valence-electron chi connectivity index (χ4n) is 2.72. The molecule has 0 fully saturated rings. The molecule has 3 rings (SSSR count). The molecule has 0 spiro atoms. The van der Waals surface area contributed by atoms with Crippen LogP contribution >= 0.6 is 0 Å². The van der Waals surface area contributed by atoms with Crippen molar-refractivity contribution in [1.29, 1.82) is 0 Å². The minimum absolute atomic E-state index is 0.0936. The molecule has 0 radical (unpaired) electrons. The summed E-state index contributed by atoms with van der Waals surface area (Å²) >= 11 is 0. The maximum absolute atomic E-state index is 10.1. The number of para-hydroxylation sites is 1. The van der Waals surface area contributed by atoms with Gasteiger partial charge in [0.05, 0.1) is 12.2 Å². The normalized spacial score (nSPS) is 20.4. The van der Waals surface area contributed by atoms with Gasteiger partial charge in [0, 0.05) is 18.5 Å². The van der Waals surface area contributed by atoms with Crippen LogP contribution in [0.15, 0.2) is 42.5 Å². The molecule has 116 valence electrons. The van der Waals surface area contributed by atoms with E-state index in [0.29, 0.717) is 25.1 Å². The minimum atomic E-state index is -0.306. The molecule has 2 aromatic carbocycles. The molecular formula is C17H19NO4. The van der Waals surface area contributed by atoms with Gasteiger partial charge in [0.1, 0.15) is 12.4 Å². The Morgan fingerprint density at radius 1 is 1.14 bits per heavy atom. The highest BCUT2D eigenvalue weighted by atomic mass is 16.5. The zero-order valence-electron chi connectivity index (χ0n) is 12.1. The molecule has 2 aromatic rings. The average Bonchev–Trinajstić information content (AvgIpc) is 2.57. The largest absolute Gasteiger partial charge is 0.504 e. The van der Waals surface area contributed by atoms with Crippen LogP contribution in [0.2, 0.25) is 0 Å². The number of nitrogens with two attached hydrogens (primary N) is 1. The highest BCUT2D eigenvalue weighted by molar-refractivity contribution is 5.51. The van der Waals surface area contributed by atoms with E-state index in [9.17, 15) is 10.2 Å². The zero-order valence-corrected chi connectivity index (χ0v) is 12.1. The smallest absolute Gasteiger partial charge is 0.161 e. The van der Waals surface area contributed by atoms with Gasteiger partial charge in [-0.2, -0.15) is 0 Å². The van der Waals surface area contributed by atoms with Crippen molar-refractivity contribution in [1.82, 2.24) is 0 Å². The molecule has 0 aromatic heterocycles. The number of rotatable bonds is 4. The maximum atomic E-state index is 10.1. The summed E-state index contributed by atoms with van der Waals surface area (Å²) in [4.78, 5) is 0. The second-order valence-electron chi connectivity index (χ2n) is 5.31. The highest BCUT2D eigenvalue weighted by Crippen LogP contribution is 2.39. The molecule has 1 aliphatic heterocycles. The summed E-state index contributed by atoms with van der Waals surface area (Å²) in [5.74, 6) is 0.546. The number of aromatic hydroxyl groups is 2. The number of phenolic OH excluding ortho intramolecular Hbond substituents is 2. The molecule has 5 heteroatoms. The number of hydrogen-bond acceptors (Lipinski definition) is 5. The summed E-state index contributed by atoms with van der Waals surface area (Å²) in [5, 5.41) is 19.7. The number of benzene rings is 2. The number of ether oxygens (including phenoxy) is 2. The molecule has 1 heterocycles. The highest BCUT2D eigenvalue weighted by Gasteiger charge is 2.30. The molecule has 0 saturated heterocycles. The molecule has 5 nitrogen and oxygen atoms in total. The van der Waals surface area contributed by atoms with E-state index in [1.165, 1.54) is 6.07 Å². The van der Waals surface area contributed by atoms with Crippen molar-refractivity contribution in [2.45, 2.75) is 18.6 Å². The Hall–Kier alpha value is -2.24. The van der Waals surface area contributed by atoms with E-state index < -0.39 is 0 Å². The van der Waals surface area contributed by atoms with E-state index in [-0.39, 0.29) is 23.7 Å². The summed E-state index contributed by atoms with van der Waals surface area (Å²) in [6.07, 6.45) is -0.0626. The van der Waals surface area contributed by atoms with Gasteiger partial charge in [0.2, 0.25) is 0 Å². The topological polar surface area (TPSA) is 84.9 Å². The van der Waals surface area contributed by atoms with Crippen LogP contribution in [0, 0.1) is 0 Å². The standard InChI is InChI=1S/C17H19NO4/c18-9-16-13-6-7-15(19)17(20)14(13)8-12(22-16)10-21-11-4-2-1-3-5-11/h1-7,12,16,19-20H,8-10,18H2/t12?,16-/m0/s1. The Balaban J connectivity index is 1.77. The van der Waals surface area contributed by atoms with E-state index >= 15 is 0 Å². The maximum Gasteiger partial charge on any atom is 0.161 e. The van der Waals surface area contributed by atoms with Crippen molar-refractivity contribution < 1.29 is 19.7 Å². The van der Waals surface area contributed by atoms with Crippen LogP contribution in [0.4, 0.5) is 0 Å². The lowest BCUT2D eigenvalue weighted by Gasteiger charge is -2.32. The Morgan fingerprint density at radius 2 is 1.91 bits per heavy atom. The Morgan fingerprint density at radius 3 is 2.64 bits per heavy atom. The fraction of sp³-hybridized carbons (Fsp3) is 0.294. The lowest BCUT2D eigenvalue weighted by atomic mass is 9.93. The predicted molar refractivity (Wildman–Crippen MR) is 82.1 cm³/mol. The Labute approximate surface area is 128 Å². The third-order valence-electron chi connectivity index (χ3n) is 3.83. The summed E-state index contributed by atoms with van der Waals surface area (Å²) in [6, 6.07) is 12.7. The monoisotopic (exact) mass is 301 g/mol. The van der Waals surface area contributed by atoms with Gasteiger partial charge in [0.15, 0.2) is 11.5 Å².